The van der Waals surface area contributed by atoms with Crippen LogP contribution in [0, 0.1) is 6.92 Å². The van der Waals surface area contributed by atoms with E-state index in [0.29, 0.717) is 30.2 Å². The Bertz CT molecular complexity index is 817. The molecule has 1 fully saturated rings. The summed E-state index contributed by atoms with van der Waals surface area (Å²) in [6.07, 6.45) is 0.0894. The first-order valence-corrected chi connectivity index (χ1v) is 9.45. The molecule has 1 aromatic carbocycles. The molecular formula is C18H22N4O4S. The molecule has 2 heterocycles. The summed E-state index contributed by atoms with van der Waals surface area (Å²) in [6, 6.07) is 5.27. The topological polar surface area (TPSA) is 92.8 Å². The highest BCUT2D eigenvalue weighted by atomic mass is 32.1. The van der Waals surface area contributed by atoms with E-state index in [0.717, 1.165) is 23.8 Å². The number of rotatable bonds is 5. The van der Waals surface area contributed by atoms with Crippen molar-refractivity contribution in [3.05, 3.63) is 40.4 Å². The average Bonchev–Trinajstić information content (AvgIpc) is 3.15. The number of carbonyl (C=O) groups excluding carboxylic acids is 2. The molecule has 2 N–H and O–H groups in total. The lowest BCUT2D eigenvalue weighted by atomic mass is 10.1. The van der Waals surface area contributed by atoms with Gasteiger partial charge in [-0.15, -0.1) is 11.3 Å². The van der Waals surface area contributed by atoms with Gasteiger partial charge in [0, 0.05) is 18.5 Å². The number of methoxy groups -OCH3 is 1. The molecule has 0 spiro atoms. The fourth-order valence-corrected chi connectivity index (χ4v) is 3.56. The van der Waals surface area contributed by atoms with Crippen LogP contribution >= 0.6 is 11.3 Å². The van der Waals surface area contributed by atoms with Crippen molar-refractivity contribution < 1.29 is 19.1 Å². The Morgan fingerprint density at radius 1 is 1.30 bits per heavy atom. The number of anilines is 1. The zero-order chi connectivity index (χ0) is 19.2. The minimum atomic E-state index is -0.434. The Morgan fingerprint density at radius 3 is 2.81 bits per heavy atom. The summed E-state index contributed by atoms with van der Waals surface area (Å²) in [5.41, 5.74) is 6.80. The van der Waals surface area contributed by atoms with Crippen molar-refractivity contribution in [3.8, 4) is 5.75 Å². The number of carbonyl (C=O) groups is 2. The molecule has 1 saturated heterocycles. The number of ether oxygens (including phenoxy) is 2. The summed E-state index contributed by atoms with van der Waals surface area (Å²) in [5.74, 6) is -0.327. The lowest BCUT2D eigenvalue weighted by Crippen LogP contribution is -2.42. The van der Waals surface area contributed by atoms with E-state index in [1.165, 1.54) is 18.4 Å². The molecule has 0 saturated carbocycles. The first-order valence-electron chi connectivity index (χ1n) is 8.57. The van der Waals surface area contributed by atoms with E-state index in [1.54, 1.807) is 12.1 Å². The Morgan fingerprint density at radius 2 is 2.07 bits per heavy atom. The molecule has 27 heavy (non-hydrogen) atoms. The van der Waals surface area contributed by atoms with Gasteiger partial charge < -0.3 is 14.4 Å². The summed E-state index contributed by atoms with van der Waals surface area (Å²) >= 11 is 1.50. The third-order valence-corrected chi connectivity index (χ3v) is 5.03. The predicted octanol–water partition coefficient (Wildman–Crippen LogP) is 1.30. The van der Waals surface area contributed by atoms with Crippen molar-refractivity contribution in [1.29, 1.82) is 0 Å². The molecule has 0 unspecified atom stereocenters. The van der Waals surface area contributed by atoms with Crippen LogP contribution in [0.3, 0.4) is 0 Å². The second-order valence-electron chi connectivity index (χ2n) is 6.10. The second-order valence-corrected chi connectivity index (χ2v) is 6.94. The minimum absolute atomic E-state index is 0.0894. The SMILES string of the molecule is COc1ccc(C)cc1C(=O)NNC(=O)Cc1csc(N2CCOCC2)n1. The molecule has 1 aliphatic rings. The first-order chi connectivity index (χ1) is 13.1. The molecule has 3 rings (SSSR count). The van der Waals surface area contributed by atoms with E-state index in [4.69, 9.17) is 9.47 Å². The van der Waals surface area contributed by atoms with Crippen molar-refractivity contribution in [3.63, 3.8) is 0 Å². The maximum absolute atomic E-state index is 12.3. The normalized spacial score (nSPS) is 13.9. The van der Waals surface area contributed by atoms with Gasteiger partial charge in [-0.3, -0.25) is 20.4 Å². The summed E-state index contributed by atoms with van der Waals surface area (Å²) in [7, 11) is 1.49. The Balaban J connectivity index is 1.53. The van der Waals surface area contributed by atoms with E-state index in [9.17, 15) is 9.59 Å². The quantitative estimate of drug-likeness (QED) is 0.748. The standard InChI is InChI=1S/C18H22N4O4S/c1-12-3-4-15(25-2)14(9-12)17(24)21-20-16(23)10-13-11-27-18(19-13)22-5-7-26-8-6-22/h3-4,9,11H,5-8,10H2,1-2H3,(H,20,23)(H,21,24). The lowest BCUT2D eigenvalue weighted by Gasteiger charge is -2.26. The van der Waals surface area contributed by atoms with Crippen LogP contribution in [0.1, 0.15) is 21.6 Å². The fourth-order valence-electron chi connectivity index (χ4n) is 2.68. The van der Waals surface area contributed by atoms with Crippen LogP contribution in [0.25, 0.3) is 0 Å². The number of aryl methyl sites for hydroxylation is 1. The Hall–Kier alpha value is -2.65. The van der Waals surface area contributed by atoms with Gasteiger partial charge in [0.1, 0.15) is 5.75 Å². The van der Waals surface area contributed by atoms with Crippen molar-refractivity contribution in [2.75, 3.05) is 38.3 Å². The van der Waals surface area contributed by atoms with Gasteiger partial charge >= 0.3 is 0 Å². The van der Waals surface area contributed by atoms with Gasteiger partial charge in [0.15, 0.2) is 5.13 Å². The zero-order valence-electron chi connectivity index (χ0n) is 15.3. The number of hydrazine groups is 1. The van der Waals surface area contributed by atoms with Crippen molar-refractivity contribution >= 4 is 28.3 Å². The molecule has 0 bridgehead atoms. The molecule has 8 nitrogen and oxygen atoms in total. The third-order valence-electron chi connectivity index (χ3n) is 4.08. The summed E-state index contributed by atoms with van der Waals surface area (Å²) in [5, 5.41) is 2.74. The van der Waals surface area contributed by atoms with Crippen LogP contribution in [0.5, 0.6) is 5.75 Å². The number of benzene rings is 1. The second kappa shape index (κ2) is 8.83. The van der Waals surface area contributed by atoms with Crippen molar-refractivity contribution in [2.45, 2.75) is 13.3 Å². The van der Waals surface area contributed by atoms with E-state index < -0.39 is 5.91 Å². The van der Waals surface area contributed by atoms with E-state index in [-0.39, 0.29) is 12.3 Å². The molecule has 1 aromatic heterocycles. The number of nitrogens with one attached hydrogen (secondary N) is 2. The number of thiazole rings is 1. The van der Waals surface area contributed by atoms with Crippen LogP contribution in [0.2, 0.25) is 0 Å². The number of hydrogen-bond donors (Lipinski definition) is 2. The fraction of sp³-hybridized carbons (Fsp3) is 0.389. The zero-order valence-corrected chi connectivity index (χ0v) is 16.1. The molecule has 0 aliphatic carbocycles. The van der Waals surface area contributed by atoms with Crippen LogP contribution in [-0.4, -0.2) is 50.2 Å². The van der Waals surface area contributed by atoms with Gasteiger partial charge in [-0.1, -0.05) is 11.6 Å². The number of morpholine rings is 1. The largest absolute Gasteiger partial charge is 0.496 e. The predicted molar refractivity (Wildman–Crippen MR) is 102 cm³/mol. The number of hydrogen-bond acceptors (Lipinski definition) is 7. The van der Waals surface area contributed by atoms with Gasteiger partial charge in [0.05, 0.1) is 38.0 Å². The van der Waals surface area contributed by atoms with Gasteiger partial charge in [-0.05, 0) is 19.1 Å². The smallest absolute Gasteiger partial charge is 0.273 e. The summed E-state index contributed by atoms with van der Waals surface area (Å²) in [4.78, 5) is 31.1. The molecule has 0 atom stereocenters. The number of aromatic nitrogens is 1. The number of nitrogens with zero attached hydrogens (tertiary/aromatic N) is 2. The number of amides is 2. The van der Waals surface area contributed by atoms with Crippen LogP contribution in [0.15, 0.2) is 23.6 Å². The van der Waals surface area contributed by atoms with Gasteiger partial charge in [0.25, 0.3) is 5.91 Å². The maximum Gasteiger partial charge on any atom is 0.273 e. The molecule has 2 aromatic rings. The van der Waals surface area contributed by atoms with E-state index in [2.05, 4.69) is 20.7 Å². The van der Waals surface area contributed by atoms with Crippen LogP contribution in [0.4, 0.5) is 5.13 Å². The van der Waals surface area contributed by atoms with Crippen molar-refractivity contribution in [2.24, 2.45) is 0 Å². The Kier molecular flexibility index (Phi) is 6.25. The minimum Gasteiger partial charge on any atom is -0.496 e. The summed E-state index contributed by atoms with van der Waals surface area (Å²) in [6.45, 7) is 4.85. The van der Waals surface area contributed by atoms with Gasteiger partial charge in [-0.25, -0.2) is 4.98 Å². The molecule has 9 heteroatoms. The monoisotopic (exact) mass is 390 g/mol. The highest BCUT2D eigenvalue weighted by Crippen LogP contribution is 2.22. The highest BCUT2D eigenvalue weighted by Gasteiger charge is 2.17. The molecule has 0 radical (unpaired) electrons. The Labute approximate surface area is 161 Å². The van der Waals surface area contributed by atoms with Gasteiger partial charge in [-0.2, -0.15) is 0 Å². The molecule has 1 aliphatic heterocycles. The highest BCUT2D eigenvalue weighted by molar-refractivity contribution is 7.13. The first kappa shape index (κ1) is 19.1. The third kappa shape index (κ3) is 4.95. The maximum atomic E-state index is 12.3. The van der Waals surface area contributed by atoms with E-state index in [1.807, 2.05) is 18.4 Å². The van der Waals surface area contributed by atoms with Crippen LogP contribution < -0.4 is 20.5 Å². The van der Waals surface area contributed by atoms with Gasteiger partial charge in [0.2, 0.25) is 5.91 Å². The average molecular weight is 390 g/mol. The molecule has 144 valence electrons. The summed E-state index contributed by atoms with van der Waals surface area (Å²) < 4.78 is 10.5. The van der Waals surface area contributed by atoms with Crippen LogP contribution in [-0.2, 0) is 16.0 Å². The van der Waals surface area contributed by atoms with E-state index >= 15 is 0 Å². The molecular weight excluding hydrogens is 368 g/mol. The molecule has 2 amide bonds. The lowest BCUT2D eigenvalue weighted by molar-refractivity contribution is -0.121. The van der Waals surface area contributed by atoms with Crippen molar-refractivity contribution in [1.82, 2.24) is 15.8 Å².